The summed E-state index contributed by atoms with van der Waals surface area (Å²) in [6.45, 7) is 10.2. The number of thiazole rings is 1. The van der Waals surface area contributed by atoms with Crippen molar-refractivity contribution in [3.63, 3.8) is 0 Å². The Labute approximate surface area is 131 Å². The van der Waals surface area contributed by atoms with E-state index in [-0.39, 0.29) is 6.04 Å². The van der Waals surface area contributed by atoms with E-state index in [4.69, 9.17) is 10.7 Å². The van der Waals surface area contributed by atoms with Gasteiger partial charge < -0.3 is 10.6 Å². The van der Waals surface area contributed by atoms with Crippen molar-refractivity contribution in [2.45, 2.75) is 52.6 Å². The van der Waals surface area contributed by atoms with Crippen molar-refractivity contribution in [1.29, 1.82) is 0 Å². The van der Waals surface area contributed by atoms with Gasteiger partial charge in [-0.2, -0.15) is 0 Å². The first-order valence-electron chi connectivity index (χ1n) is 7.94. The van der Waals surface area contributed by atoms with E-state index in [0.29, 0.717) is 12.0 Å². The maximum Gasteiger partial charge on any atom is 0.195 e. The number of anilines is 1. The Morgan fingerprint density at radius 1 is 1.43 bits per heavy atom. The van der Waals surface area contributed by atoms with Crippen LogP contribution in [0.2, 0.25) is 0 Å². The van der Waals surface area contributed by atoms with Gasteiger partial charge in [0.2, 0.25) is 0 Å². The van der Waals surface area contributed by atoms with Crippen molar-refractivity contribution in [2.75, 3.05) is 11.4 Å². The van der Waals surface area contributed by atoms with E-state index >= 15 is 0 Å². The predicted molar refractivity (Wildman–Crippen MR) is 90.2 cm³/mol. The molecule has 4 unspecified atom stereocenters. The van der Waals surface area contributed by atoms with Crippen LogP contribution in [0, 0.1) is 11.8 Å². The van der Waals surface area contributed by atoms with Gasteiger partial charge >= 0.3 is 0 Å². The van der Waals surface area contributed by atoms with Crippen LogP contribution in [0.1, 0.15) is 39.8 Å². The van der Waals surface area contributed by atoms with Gasteiger partial charge in [-0.25, -0.2) is 4.98 Å². The molecule has 4 nitrogen and oxygen atoms in total. The highest BCUT2D eigenvalue weighted by molar-refractivity contribution is 7.15. The van der Waals surface area contributed by atoms with Gasteiger partial charge in [-0.15, -0.1) is 11.3 Å². The molecule has 0 aliphatic carbocycles. The Kier molecular flexibility index (Phi) is 3.97. The lowest BCUT2D eigenvalue weighted by atomic mass is 9.86. The maximum absolute atomic E-state index is 6.07. The Morgan fingerprint density at radius 3 is 2.90 bits per heavy atom. The second kappa shape index (κ2) is 5.61. The molecule has 0 saturated carbocycles. The number of rotatable bonds is 3. The molecule has 0 aromatic carbocycles. The lowest BCUT2D eigenvalue weighted by molar-refractivity contribution is 0.295. The number of imidazole rings is 1. The molecule has 0 amide bonds. The minimum absolute atomic E-state index is 0.151. The summed E-state index contributed by atoms with van der Waals surface area (Å²) in [5.74, 6) is 2.58. The molecule has 2 aromatic heterocycles. The summed E-state index contributed by atoms with van der Waals surface area (Å²) in [5, 5.41) is 2.10. The van der Waals surface area contributed by atoms with Crippen molar-refractivity contribution < 1.29 is 0 Å². The van der Waals surface area contributed by atoms with E-state index in [2.05, 4.69) is 48.6 Å². The van der Waals surface area contributed by atoms with Crippen LogP contribution in [0.25, 0.3) is 4.96 Å². The molecule has 0 spiro atoms. The molecular weight excluding hydrogens is 280 g/mol. The van der Waals surface area contributed by atoms with Gasteiger partial charge in [0.05, 0.1) is 5.69 Å². The zero-order chi connectivity index (χ0) is 15.1. The van der Waals surface area contributed by atoms with E-state index in [1.807, 2.05) is 0 Å². The molecule has 4 atom stereocenters. The van der Waals surface area contributed by atoms with E-state index in [1.165, 1.54) is 12.1 Å². The second-order valence-electron chi connectivity index (χ2n) is 6.83. The molecule has 0 bridgehead atoms. The smallest absolute Gasteiger partial charge is 0.195 e. The molecular formula is C16H26N4S. The normalized spacial score (nSPS) is 28.2. The average Bonchev–Trinajstić information content (AvgIpc) is 2.96. The van der Waals surface area contributed by atoms with Gasteiger partial charge in [0.15, 0.2) is 10.8 Å². The maximum atomic E-state index is 6.07. The summed E-state index contributed by atoms with van der Waals surface area (Å²) in [5.41, 5.74) is 7.35. The van der Waals surface area contributed by atoms with Crippen LogP contribution >= 0.6 is 11.3 Å². The molecule has 5 heteroatoms. The van der Waals surface area contributed by atoms with Crippen LogP contribution in [0.4, 0.5) is 5.82 Å². The van der Waals surface area contributed by atoms with Gasteiger partial charge in [0.1, 0.15) is 0 Å². The van der Waals surface area contributed by atoms with Gasteiger partial charge in [0, 0.05) is 36.6 Å². The number of hydrogen-bond acceptors (Lipinski definition) is 4. The zero-order valence-corrected chi connectivity index (χ0v) is 14.2. The van der Waals surface area contributed by atoms with Crippen molar-refractivity contribution in [3.05, 3.63) is 17.3 Å². The van der Waals surface area contributed by atoms with E-state index < -0.39 is 0 Å². The van der Waals surface area contributed by atoms with E-state index in [9.17, 15) is 0 Å². The highest BCUT2D eigenvalue weighted by Crippen LogP contribution is 2.34. The molecule has 1 aliphatic heterocycles. The number of nitrogens with two attached hydrogens (primary N) is 1. The number of aromatic nitrogens is 2. The van der Waals surface area contributed by atoms with Crippen molar-refractivity contribution >= 4 is 22.1 Å². The SMILES string of the molecule is CC(N)Cc1c(N2CC(C)CC(C)C2C)nc2sccn12. The highest BCUT2D eigenvalue weighted by atomic mass is 32.1. The topological polar surface area (TPSA) is 46.6 Å². The first-order chi connectivity index (χ1) is 9.97. The third-order valence-corrected chi connectivity index (χ3v) is 5.48. The van der Waals surface area contributed by atoms with Crippen LogP contribution in [0.5, 0.6) is 0 Å². The molecule has 1 aliphatic rings. The summed E-state index contributed by atoms with van der Waals surface area (Å²) in [7, 11) is 0. The Bertz CT molecular complexity index is 615. The lowest BCUT2D eigenvalue weighted by Crippen LogP contribution is -2.46. The highest BCUT2D eigenvalue weighted by Gasteiger charge is 2.32. The molecule has 3 rings (SSSR count). The van der Waals surface area contributed by atoms with E-state index in [0.717, 1.165) is 29.7 Å². The number of piperidine rings is 1. The van der Waals surface area contributed by atoms with Gasteiger partial charge in [-0.3, -0.25) is 4.40 Å². The number of hydrogen-bond donors (Lipinski definition) is 1. The zero-order valence-electron chi connectivity index (χ0n) is 13.4. The summed E-state index contributed by atoms with van der Waals surface area (Å²) >= 11 is 1.70. The number of nitrogens with zero attached hydrogens (tertiary/aromatic N) is 3. The van der Waals surface area contributed by atoms with Gasteiger partial charge in [-0.05, 0) is 32.1 Å². The average molecular weight is 306 g/mol. The number of fused-ring (bicyclic) bond motifs is 1. The fourth-order valence-corrected chi connectivity index (χ4v) is 4.27. The molecule has 3 heterocycles. The van der Waals surface area contributed by atoms with Crippen LogP contribution in [-0.4, -0.2) is 28.0 Å². The lowest BCUT2D eigenvalue weighted by Gasteiger charge is -2.42. The Hall–Kier alpha value is -1.07. The quantitative estimate of drug-likeness (QED) is 0.947. The van der Waals surface area contributed by atoms with Crippen molar-refractivity contribution in [2.24, 2.45) is 17.6 Å². The largest absolute Gasteiger partial charge is 0.352 e. The molecule has 1 fully saturated rings. The summed E-state index contributed by atoms with van der Waals surface area (Å²) in [6.07, 6.45) is 4.30. The standard InChI is InChI=1S/C16H26N4S/c1-10-7-11(2)13(4)20(9-10)15-14(8-12(3)17)19-5-6-21-16(19)18-15/h5-6,10-13H,7-9,17H2,1-4H3. The minimum Gasteiger partial charge on any atom is -0.352 e. The third-order valence-electron chi connectivity index (χ3n) is 4.72. The molecule has 0 radical (unpaired) electrons. The summed E-state index contributed by atoms with van der Waals surface area (Å²) in [6, 6.07) is 0.691. The Morgan fingerprint density at radius 2 is 2.19 bits per heavy atom. The van der Waals surface area contributed by atoms with Crippen LogP contribution in [0.15, 0.2) is 11.6 Å². The molecule has 21 heavy (non-hydrogen) atoms. The van der Waals surface area contributed by atoms with Crippen LogP contribution in [-0.2, 0) is 6.42 Å². The van der Waals surface area contributed by atoms with Crippen molar-refractivity contribution in [3.8, 4) is 0 Å². The fraction of sp³-hybridized carbons (Fsp3) is 0.688. The predicted octanol–water partition coefficient (Wildman–Crippen LogP) is 3.16. The first-order valence-corrected chi connectivity index (χ1v) is 8.82. The van der Waals surface area contributed by atoms with Crippen LogP contribution in [0.3, 0.4) is 0 Å². The second-order valence-corrected chi connectivity index (χ2v) is 7.70. The molecule has 1 saturated heterocycles. The molecule has 116 valence electrons. The van der Waals surface area contributed by atoms with Crippen molar-refractivity contribution in [1.82, 2.24) is 9.38 Å². The Balaban J connectivity index is 2.03. The van der Waals surface area contributed by atoms with Gasteiger partial charge in [-0.1, -0.05) is 13.8 Å². The molecule has 2 N–H and O–H groups in total. The monoisotopic (exact) mass is 306 g/mol. The summed E-state index contributed by atoms with van der Waals surface area (Å²) < 4.78 is 2.22. The van der Waals surface area contributed by atoms with Crippen LogP contribution < -0.4 is 10.6 Å². The molecule has 2 aromatic rings. The van der Waals surface area contributed by atoms with Gasteiger partial charge in [0.25, 0.3) is 0 Å². The first kappa shape index (κ1) is 14.9. The minimum atomic E-state index is 0.151. The fourth-order valence-electron chi connectivity index (χ4n) is 3.54. The summed E-state index contributed by atoms with van der Waals surface area (Å²) in [4.78, 5) is 8.51. The third kappa shape index (κ3) is 2.69. The van der Waals surface area contributed by atoms with E-state index in [1.54, 1.807) is 11.3 Å².